The van der Waals surface area contributed by atoms with E-state index in [1.807, 2.05) is 0 Å². The monoisotopic (exact) mass is 374 g/mol. The number of thiazole rings is 1. The summed E-state index contributed by atoms with van der Waals surface area (Å²) >= 11 is 1.27. The van der Waals surface area contributed by atoms with E-state index in [0.29, 0.717) is 16.7 Å². The van der Waals surface area contributed by atoms with Gasteiger partial charge in [0.25, 0.3) is 5.91 Å². The van der Waals surface area contributed by atoms with Crippen LogP contribution in [0.4, 0.5) is 5.13 Å². The van der Waals surface area contributed by atoms with E-state index in [-0.39, 0.29) is 24.1 Å². The van der Waals surface area contributed by atoms with Gasteiger partial charge >= 0.3 is 0 Å². The second kappa shape index (κ2) is 8.84. The van der Waals surface area contributed by atoms with E-state index in [2.05, 4.69) is 20.6 Å². The number of carbonyl (C=O) groups excluding carboxylic acids is 3. The van der Waals surface area contributed by atoms with Crippen molar-refractivity contribution in [2.45, 2.75) is 38.5 Å². The molecule has 1 atom stereocenters. The van der Waals surface area contributed by atoms with E-state index in [4.69, 9.17) is 0 Å². The van der Waals surface area contributed by atoms with Crippen LogP contribution in [-0.2, 0) is 20.8 Å². The van der Waals surface area contributed by atoms with Gasteiger partial charge in [0, 0.05) is 24.2 Å². The highest BCUT2D eigenvalue weighted by Crippen LogP contribution is 2.23. The van der Waals surface area contributed by atoms with E-state index in [1.54, 1.807) is 5.38 Å². The lowest BCUT2D eigenvalue weighted by molar-refractivity contribution is -0.121. The average Bonchev–Trinajstić information content (AvgIpc) is 3.08. The van der Waals surface area contributed by atoms with Gasteiger partial charge in [0.05, 0.1) is 18.0 Å². The van der Waals surface area contributed by atoms with E-state index in [9.17, 15) is 14.4 Å². The predicted octanol–water partition coefficient (Wildman–Crippen LogP) is 2.10. The van der Waals surface area contributed by atoms with Crippen LogP contribution in [0.25, 0.3) is 0 Å². The Labute approximate surface area is 156 Å². The first-order chi connectivity index (χ1) is 12.6. The van der Waals surface area contributed by atoms with Gasteiger partial charge in [-0.2, -0.15) is 0 Å². The number of nitrogens with one attached hydrogen (secondary N) is 2. The maximum absolute atomic E-state index is 12.1. The summed E-state index contributed by atoms with van der Waals surface area (Å²) in [6.45, 7) is 0.735. The van der Waals surface area contributed by atoms with Crippen molar-refractivity contribution >= 4 is 40.4 Å². The molecule has 2 heterocycles. The number of nitrogens with zero attached hydrogens (tertiary/aromatic N) is 2. The zero-order chi connectivity index (χ0) is 18.4. The Morgan fingerprint density at radius 1 is 1.23 bits per heavy atom. The SMILES string of the molecule is O=C1C=CC(C(=O)Nc2nc(CC(=O)NCC3CCCCC3)cs2)C=N1. The lowest BCUT2D eigenvalue weighted by atomic mass is 9.89. The molecule has 0 saturated heterocycles. The third-order valence-electron chi connectivity index (χ3n) is 4.55. The molecule has 0 radical (unpaired) electrons. The molecule has 0 bridgehead atoms. The highest BCUT2D eigenvalue weighted by atomic mass is 32.1. The van der Waals surface area contributed by atoms with Crippen LogP contribution in [0.5, 0.6) is 0 Å². The summed E-state index contributed by atoms with van der Waals surface area (Å²) in [4.78, 5) is 43.0. The fourth-order valence-corrected chi connectivity index (χ4v) is 3.81. The van der Waals surface area contributed by atoms with Crippen LogP contribution >= 0.6 is 11.3 Å². The Hall–Kier alpha value is -2.35. The number of aliphatic imine (C=N–C) groups is 1. The molecule has 1 fully saturated rings. The number of anilines is 1. The van der Waals surface area contributed by atoms with Gasteiger partial charge in [-0.15, -0.1) is 11.3 Å². The summed E-state index contributed by atoms with van der Waals surface area (Å²) in [6, 6.07) is 0. The van der Waals surface area contributed by atoms with Gasteiger partial charge in [0.2, 0.25) is 11.8 Å². The first-order valence-electron chi connectivity index (χ1n) is 8.88. The minimum atomic E-state index is -0.584. The van der Waals surface area contributed by atoms with Crippen LogP contribution < -0.4 is 10.6 Å². The molecule has 1 saturated carbocycles. The van der Waals surface area contributed by atoms with Gasteiger partial charge in [-0.05, 0) is 18.8 Å². The van der Waals surface area contributed by atoms with Crippen molar-refractivity contribution in [2.24, 2.45) is 16.8 Å². The molecule has 1 aliphatic heterocycles. The van der Waals surface area contributed by atoms with Crippen LogP contribution in [0.3, 0.4) is 0 Å². The molecular weight excluding hydrogens is 352 g/mol. The van der Waals surface area contributed by atoms with Crippen LogP contribution in [0, 0.1) is 11.8 Å². The highest BCUT2D eigenvalue weighted by Gasteiger charge is 2.19. The largest absolute Gasteiger partial charge is 0.355 e. The van der Waals surface area contributed by atoms with E-state index in [1.165, 1.54) is 61.8 Å². The molecule has 0 spiro atoms. The molecule has 26 heavy (non-hydrogen) atoms. The maximum atomic E-state index is 12.1. The molecule has 1 unspecified atom stereocenters. The normalized spacial score (nSPS) is 20.2. The topological polar surface area (TPSA) is 101 Å². The average molecular weight is 374 g/mol. The standard InChI is InChI=1S/C18H22N4O3S/c23-15-7-6-13(10-20-15)17(25)22-18-21-14(11-26-18)8-16(24)19-9-12-4-2-1-3-5-12/h6-7,10-13H,1-5,8-9H2,(H,19,24)(H,21,22,25). The van der Waals surface area contributed by atoms with Gasteiger partial charge in [0.15, 0.2) is 5.13 Å². The molecule has 3 amide bonds. The predicted molar refractivity (Wildman–Crippen MR) is 100 cm³/mol. The van der Waals surface area contributed by atoms with Crippen molar-refractivity contribution in [3.05, 3.63) is 23.2 Å². The third-order valence-corrected chi connectivity index (χ3v) is 5.35. The maximum Gasteiger partial charge on any atom is 0.269 e. The van der Waals surface area contributed by atoms with Gasteiger partial charge in [0.1, 0.15) is 0 Å². The fraction of sp³-hybridized carbons (Fsp3) is 0.500. The molecule has 1 aliphatic carbocycles. The number of dihydropyridines is 1. The molecule has 0 aromatic carbocycles. The number of amides is 3. The summed E-state index contributed by atoms with van der Waals surface area (Å²) in [5, 5.41) is 7.88. The smallest absolute Gasteiger partial charge is 0.269 e. The summed E-state index contributed by atoms with van der Waals surface area (Å²) in [7, 11) is 0. The van der Waals surface area contributed by atoms with Crippen molar-refractivity contribution in [3.8, 4) is 0 Å². The van der Waals surface area contributed by atoms with Gasteiger partial charge < -0.3 is 10.6 Å². The molecule has 1 aromatic heterocycles. The molecule has 138 valence electrons. The Kier molecular flexibility index (Phi) is 6.27. The number of hydrogen-bond acceptors (Lipinski definition) is 5. The Morgan fingerprint density at radius 3 is 2.77 bits per heavy atom. The first kappa shape index (κ1) is 18.4. The molecule has 1 aromatic rings. The number of rotatable bonds is 6. The third kappa shape index (κ3) is 5.32. The summed E-state index contributed by atoms with van der Waals surface area (Å²) in [5.41, 5.74) is 0.634. The van der Waals surface area contributed by atoms with Crippen molar-refractivity contribution in [1.29, 1.82) is 0 Å². The summed E-state index contributed by atoms with van der Waals surface area (Å²) in [6.07, 6.45) is 10.5. The van der Waals surface area contributed by atoms with Gasteiger partial charge in [-0.25, -0.2) is 9.98 Å². The van der Waals surface area contributed by atoms with E-state index < -0.39 is 5.92 Å². The van der Waals surface area contributed by atoms with Crippen LogP contribution in [0.15, 0.2) is 22.5 Å². The number of carbonyl (C=O) groups is 3. The molecule has 7 nitrogen and oxygen atoms in total. The first-order valence-corrected chi connectivity index (χ1v) is 9.76. The number of aromatic nitrogens is 1. The lowest BCUT2D eigenvalue weighted by Crippen LogP contribution is -2.31. The quantitative estimate of drug-likeness (QED) is 0.796. The summed E-state index contributed by atoms with van der Waals surface area (Å²) in [5.74, 6) is -0.710. The second-order valence-electron chi connectivity index (χ2n) is 6.62. The van der Waals surface area contributed by atoms with Crippen LogP contribution in [0.1, 0.15) is 37.8 Å². The van der Waals surface area contributed by atoms with Crippen LogP contribution in [-0.4, -0.2) is 35.5 Å². The molecule has 3 rings (SSSR count). The van der Waals surface area contributed by atoms with Crippen LogP contribution in [0.2, 0.25) is 0 Å². The van der Waals surface area contributed by atoms with Crippen molar-refractivity contribution in [3.63, 3.8) is 0 Å². The van der Waals surface area contributed by atoms with E-state index >= 15 is 0 Å². The highest BCUT2D eigenvalue weighted by molar-refractivity contribution is 7.13. The van der Waals surface area contributed by atoms with E-state index in [0.717, 1.165) is 6.54 Å². The van der Waals surface area contributed by atoms with Crippen molar-refractivity contribution in [1.82, 2.24) is 10.3 Å². The van der Waals surface area contributed by atoms with Crippen molar-refractivity contribution < 1.29 is 14.4 Å². The molecule has 2 N–H and O–H groups in total. The number of hydrogen-bond donors (Lipinski definition) is 2. The molecule has 8 heteroatoms. The molecular formula is C18H22N4O3S. The minimum absolute atomic E-state index is 0.0420. The Morgan fingerprint density at radius 2 is 2.04 bits per heavy atom. The minimum Gasteiger partial charge on any atom is -0.355 e. The fourth-order valence-electron chi connectivity index (χ4n) is 3.10. The zero-order valence-electron chi connectivity index (χ0n) is 14.4. The lowest BCUT2D eigenvalue weighted by Gasteiger charge is -2.21. The second-order valence-corrected chi connectivity index (χ2v) is 7.48. The summed E-state index contributed by atoms with van der Waals surface area (Å²) < 4.78 is 0. The Balaban J connectivity index is 1.44. The van der Waals surface area contributed by atoms with Gasteiger partial charge in [-0.3, -0.25) is 14.4 Å². The Bertz CT molecular complexity index is 719. The zero-order valence-corrected chi connectivity index (χ0v) is 15.3. The molecule has 2 aliphatic rings. The van der Waals surface area contributed by atoms with Gasteiger partial charge in [-0.1, -0.05) is 25.3 Å². The van der Waals surface area contributed by atoms with Crippen molar-refractivity contribution in [2.75, 3.05) is 11.9 Å².